The number of aromatic nitrogens is 1. The number of aromatic hydroxyl groups is 1. The van der Waals surface area contributed by atoms with E-state index in [2.05, 4.69) is 11.6 Å². The number of phenolic OH excluding ortho intramolecular Hbond substituents is 1. The second-order valence-corrected chi connectivity index (χ2v) is 7.11. The number of pyridine rings is 1. The molecule has 0 saturated carbocycles. The largest absolute Gasteiger partial charge is 0.508 e. The molecule has 0 aliphatic rings. The molecule has 0 bridgehead atoms. The van der Waals surface area contributed by atoms with Crippen molar-refractivity contribution >= 4 is 29.2 Å². The molecule has 2 aromatic rings. The molecular formula is C23H26ClNO5. The monoisotopic (exact) mass is 431 g/mol. The highest BCUT2D eigenvalue weighted by atomic mass is 35.5. The number of halogens is 1. The summed E-state index contributed by atoms with van der Waals surface area (Å²) in [6.45, 7) is 5.40. The van der Waals surface area contributed by atoms with E-state index >= 15 is 0 Å². The molecule has 0 aliphatic heterocycles. The fourth-order valence-electron chi connectivity index (χ4n) is 3.02. The normalized spacial score (nSPS) is 14.6. The number of nitrogens with zero attached hydrogens (tertiary/aromatic N) is 1. The molecule has 2 rings (SSSR count). The predicted octanol–water partition coefficient (Wildman–Crippen LogP) is 3.85. The van der Waals surface area contributed by atoms with Crippen molar-refractivity contribution < 1.29 is 24.9 Å². The Morgan fingerprint density at radius 2 is 2.07 bits per heavy atom. The van der Waals surface area contributed by atoms with E-state index in [4.69, 9.17) is 16.3 Å². The van der Waals surface area contributed by atoms with Crippen LogP contribution < -0.4 is 0 Å². The zero-order valence-corrected chi connectivity index (χ0v) is 17.5. The van der Waals surface area contributed by atoms with Gasteiger partial charge in [0, 0.05) is 12.1 Å². The van der Waals surface area contributed by atoms with Crippen molar-refractivity contribution in [2.24, 2.45) is 5.92 Å². The lowest BCUT2D eigenvalue weighted by molar-refractivity contribution is -0.157. The number of phenols is 1. The van der Waals surface area contributed by atoms with Crippen LogP contribution in [0.4, 0.5) is 0 Å². The van der Waals surface area contributed by atoms with Crippen LogP contribution in [0.3, 0.4) is 0 Å². The SMILES string of the molecule is C=C[C@H]([C@H](O)CC/C(=C/c1ccc(O)cc1Cl)c1ccccn1)[C@H](O)C(=O)OCC. The van der Waals surface area contributed by atoms with Crippen molar-refractivity contribution in [3.63, 3.8) is 0 Å². The summed E-state index contributed by atoms with van der Waals surface area (Å²) in [6.07, 6.45) is 2.97. The molecule has 7 heteroatoms. The van der Waals surface area contributed by atoms with E-state index in [9.17, 15) is 20.1 Å². The first-order valence-electron chi connectivity index (χ1n) is 9.63. The van der Waals surface area contributed by atoms with Crippen LogP contribution in [0.25, 0.3) is 11.6 Å². The van der Waals surface area contributed by atoms with Gasteiger partial charge in [-0.1, -0.05) is 23.7 Å². The number of aliphatic hydroxyl groups is 2. The molecule has 3 atom stereocenters. The molecular weight excluding hydrogens is 406 g/mol. The zero-order chi connectivity index (χ0) is 22.1. The first-order chi connectivity index (χ1) is 14.4. The minimum atomic E-state index is -1.49. The van der Waals surface area contributed by atoms with E-state index in [0.29, 0.717) is 22.7 Å². The Bertz CT molecular complexity index is 884. The number of hydrogen-bond acceptors (Lipinski definition) is 6. The number of hydrogen-bond donors (Lipinski definition) is 3. The summed E-state index contributed by atoms with van der Waals surface area (Å²) < 4.78 is 4.83. The smallest absolute Gasteiger partial charge is 0.335 e. The van der Waals surface area contributed by atoms with E-state index < -0.39 is 24.1 Å². The third-order valence-electron chi connectivity index (χ3n) is 4.63. The van der Waals surface area contributed by atoms with Crippen LogP contribution in [0.5, 0.6) is 5.75 Å². The van der Waals surface area contributed by atoms with Crippen molar-refractivity contribution in [1.82, 2.24) is 4.98 Å². The highest BCUT2D eigenvalue weighted by Crippen LogP contribution is 2.29. The number of esters is 1. The third kappa shape index (κ3) is 6.42. The topological polar surface area (TPSA) is 99.9 Å². The standard InChI is InChI=1S/C23H26ClNO5/c1-3-18(22(28)23(29)30-4-2)21(27)11-9-16(20-7-5-6-12-25-20)13-15-8-10-17(26)14-19(15)24/h3,5-8,10,12-14,18,21-22,26-28H,1,4,9,11H2,2H3/b16-13-/t18-,21-,22+/m1/s1. The first kappa shape index (κ1) is 23.6. The van der Waals surface area contributed by atoms with Crippen molar-refractivity contribution in [3.05, 3.63) is 71.5 Å². The van der Waals surface area contributed by atoms with Gasteiger partial charge in [-0.15, -0.1) is 6.58 Å². The highest BCUT2D eigenvalue weighted by Gasteiger charge is 2.30. The second-order valence-electron chi connectivity index (χ2n) is 6.71. The number of carbonyl (C=O) groups excluding carboxylic acids is 1. The second kappa shape index (κ2) is 11.5. The maximum atomic E-state index is 11.8. The van der Waals surface area contributed by atoms with Crippen LogP contribution in [0.15, 0.2) is 55.3 Å². The van der Waals surface area contributed by atoms with E-state index in [0.717, 1.165) is 5.57 Å². The van der Waals surface area contributed by atoms with Gasteiger partial charge in [0.2, 0.25) is 0 Å². The molecule has 1 aromatic heterocycles. The van der Waals surface area contributed by atoms with Gasteiger partial charge < -0.3 is 20.1 Å². The van der Waals surface area contributed by atoms with E-state index in [1.54, 1.807) is 25.3 Å². The van der Waals surface area contributed by atoms with Crippen LogP contribution in [0.1, 0.15) is 31.0 Å². The van der Waals surface area contributed by atoms with Gasteiger partial charge in [-0.3, -0.25) is 4.98 Å². The molecule has 3 N–H and O–H groups in total. The third-order valence-corrected chi connectivity index (χ3v) is 4.95. The van der Waals surface area contributed by atoms with E-state index in [1.165, 1.54) is 18.2 Å². The number of rotatable bonds is 10. The Kier molecular flexibility index (Phi) is 9.05. The Hall–Kier alpha value is -2.67. The lowest BCUT2D eigenvalue weighted by Gasteiger charge is -2.24. The molecule has 0 fully saturated rings. The fourth-order valence-corrected chi connectivity index (χ4v) is 3.25. The molecule has 0 aliphatic carbocycles. The van der Waals surface area contributed by atoms with Gasteiger partial charge in [-0.2, -0.15) is 0 Å². The molecule has 6 nitrogen and oxygen atoms in total. The van der Waals surface area contributed by atoms with Crippen molar-refractivity contribution in [2.75, 3.05) is 6.61 Å². The van der Waals surface area contributed by atoms with Crippen LogP contribution in [-0.2, 0) is 9.53 Å². The van der Waals surface area contributed by atoms with E-state index in [1.807, 2.05) is 18.2 Å². The summed E-state index contributed by atoms with van der Waals surface area (Å²) in [5.74, 6) is -1.60. The van der Waals surface area contributed by atoms with Crippen molar-refractivity contribution in [1.29, 1.82) is 0 Å². The van der Waals surface area contributed by atoms with Crippen LogP contribution in [-0.4, -0.2) is 45.1 Å². The Labute approximate surface area is 181 Å². The lowest BCUT2D eigenvalue weighted by atomic mass is 9.90. The molecule has 30 heavy (non-hydrogen) atoms. The predicted molar refractivity (Wildman–Crippen MR) is 117 cm³/mol. The maximum absolute atomic E-state index is 11.8. The molecule has 0 amide bonds. The molecule has 0 radical (unpaired) electrons. The van der Waals surface area contributed by atoms with Gasteiger partial charge in [0.1, 0.15) is 5.75 Å². The average Bonchev–Trinajstić information content (AvgIpc) is 2.73. The Morgan fingerprint density at radius 1 is 1.30 bits per heavy atom. The summed E-state index contributed by atoms with van der Waals surface area (Å²) in [7, 11) is 0. The van der Waals surface area contributed by atoms with Gasteiger partial charge in [0.15, 0.2) is 6.10 Å². The summed E-state index contributed by atoms with van der Waals surface area (Å²) >= 11 is 6.23. The van der Waals surface area contributed by atoms with Gasteiger partial charge >= 0.3 is 5.97 Å². The maximum Gasteiger partial charge on any atom is 0.335 e. The van der Waals surface area contributed by atoms with Crippen LogP contribution in [0.2, 0.25) is 5.02 Å². The van der Waals surface area contributed by atoms with Gasteiger partial charge in [0.25, 0.3) is 0 Å². The molecule has 160 valence electrons. The molecule has 1 aromatic carbocycles. The highest BCUT2D eigenvalue weighted by molar-refractivity contribution is 6.32. The minimum absolute atomic E-state index is 0.0636. The van der Waals surface area contributed by atoms with Gasteiger partial charge in [-0.25, -0.2) is 4.79 Å². The molecule has 0 unspecified atom stereocenters. The number of aliphatic hydroxyl groups excluding tert-OH is 2. The van der Waals surface area contributed by atoms with Crippen LogP contribution in [0, 0.1) is 5.92 Å². The Morgan fingerprint density at radius 3 is 2.67 bits per heavy atom. The summed E-state index contributed by atoms with van der Waals surface area (Å²) in [5.41, 5.74) is 2.20. The minimum Gasteiger partial charge on any atom is -0.508 e. The van der Waals surface area contributed by atoms with Gasteiger partial charge in [-0.05, 0) is 67.3 Å². The zero-order valence-electron chi connectivity index (χ0n) is 16.7. The number of ether oxygens (including phenoxy) is 1. The average molecular weight is 432 g/mol. The van der Waals surface area contributed by atoms with Gasteiger partial charge in [0.05, 0.1) is 23.4 Å². The van der Waals surface area contributed by atoms with Crippen molar-refractivity contribution in [3.8, 4) is 5.75 Å². The fraction of sp³-hybridized carbons (Fsp3) is 0.304. The summed E-state index contributed by atoms with van der Waals surface area (Å²) in [6, 6.07) is 10.2. The van der Waals surface area contributed by atoms with E-state index in [-0.39, 0.29) is 18.8 Å². The number of benzene rings is 1. The van der Waals surface area contributed by atoms with Crippen LogP contribution >= 0.6 is 11.6 Å². The summed E-state index contributed by atoms with van der Waals surface area (Å²) in [4.78, 5) is 16.2. The number of allylic oxidation sites excluding steroid dienone is 1. The first-order valence-corrected chi connectivity index (χ1v) is 10.0. The Balaban J connectivity index is 2.23. The molecule has 0 spiro atoms. The number of carbonyl (C=O) groups is 1. The molecule has 1 heterocycles. The lowest BCUT2D eigenvalue weighted by Crippen LogP contribution is -2.37. The molecule has 0 saturated heterocycles. The van der Waals surface area contributed by atoms with Crippen molar-refractivity contribution in [2.45, 2.75) is 32.0 Å². The quantitative estimate of drug-likeness (QED) is 0.390. The summed E-state index contributed by atoms with van der Waals surface area (Å²) in [5, 5.41) is 30.7.